The van der Waals surface area contributed by atoms with Gasteiger partial charge in [0, 0.05) is 12.4 Å². The average Bonchev–Trinajstić information content (AvgIpc) is 2.27. The van der Waals surface area contributed by atoms with Crippen molar-refractivity contribution >= 4 is 5.65 Å². The summed E-state index contributed by atoms with van der Waals surface area (Å²) in [4.78, 5) is 4.28. The van der Waals surface area contributed by atoms with Crippen LogP contribution in [0.2, 0.25) is 0 Å². The lowest BCUT2D eigenvalue weighted by atomic mass is 10.5. The van der Waals surface area contributed by atoms with E-state index in [1.54, 1.807) is 0 Å². The molecule has 2 rings (SSSR count). The summed E-state index contributed by atoms with van der Waals surface area (Å²) < 4.78 is 2.01. The van der Waals surface area contributed by atoms with Gasteiger partial charge in [-0.1, -0.05) is 6.07 Å². The number of aromatic nitrogens is 2. The summed E-state index contributed by atoms with van der Waals surface area (Å²) in [6, 6.07) is 5.98. The standard InChI is InChI=1S/C8H8N2/c1-7-6-10-5-3-2-4-8(10)9-7/h2-6H,1H3. The number of hydrogen-bond acceptors (Lipinski definition) is 1. The first-order valence-corrected chi connectivity index (χ1v) is 3.26. The van der Waals surface area contributed by atoms with E-state index in [2.05, 4.69) is 4.98 Å². The lowest BCUT2D eigenvalue weighted by molar-refractivity contribution is 1.18. The second-order valence-electron chi connectivity index (χ2n) is 2.35. The van der Waals surface area contributed by atoms with E-state index in [9.17, 15) is 0 Å². The fourth-order valence-electron chi connectivity index (χ4n) is 1.06. The smallest absolute Gasteiger partial charge is 0.136 e. The monoisotopic (exact) mass is 132 g/mol. The molecule has 0 fully saturated rings. The van der Waals surface area contributed by atoms with Crippen LogP contribution in [-0.2, 0) is 0 Å². The third-order valence-corrected chi connectivity index (χ3v) is 1.48. The van der Waals surface area contributed by atoms with Gasteiger partial charge in [-0.15, -0.1) is 0 Å². The quantitative estimate of drug-likeness (QED) is 0.532. The van der Waals surface area contributed by atoms with Crippen LogP contribution >= 0.6 is 0 Å². The molecule has 0 aliphatic rings. The Morgan fingerprint density at radius 1 is 1.40 bits per heavy atom. The van der Waals surface area contributed by atoms with Crippen LogP contribution in [0.1, 0.15) is 5.69 Å². The van der Waals surface area contributed by atoms with Gasteiger partial charge in [-0.05, 0) is 19.1 Å². The van der Waals surface area contributed by atoms with Crippen LogP contribution < -0.4 is 0 Å². The Kier molecular flexibility index (Phi) is 1.01. The van der Waals surface area contributed by atoms with Gasteiger partial charge in [0.15, 0.2) is 0 Å². The highest BCUT2D eigenvalue weighted by Crippen LogP contribution is 2.01. The Balaban J connectivity index is 2.88. The SMILES string of the molecule is Cc1cn2ccccc2n1. The zero-order chi connectivity index (χ0) is 6.97. The van der Waals surface area contributed by atoms with Crippen molar-refractivity contribution < 1.29 is 0 Å². The predicted octanol–water partition coefficient (Wildman–Crippen LogP) is 1.64. The van der Waals surface area contributed by atoms with E-state index in [0.717, 1.165) is 11.3 Å². The molecule has 0 saturated carbocycles. The maximum atomic E-state index is 4.28. The molecule has 10 heavy (non-hydrogen) atoms. The summed E-state index contributed by atoms with van der Waals surface area (Å²) in [5, 5.41) is 0. The van der Waals surface area contributed by atoms with Crippen molar-refractivity contribution in [3.63, 3.8) is 0 Å². The van der Waals surface area contributed by atoms with Crippen LogP contribution in [0.4, 0.5) is 0 Å². The van der Waals surface area contributed by atoms with Crippen LogP contribution in [0.5, 0.6) is 0 Å². The van der Waals surface area contributed by atoms with Gasteiger partial charge in [0.2, 0.25) is 0 Å². The van der Waals surface area contributed by atoms with Crippen LogP contribution in [0, 0.1) is 6.92 Å². The Morgan fingerprint density at radius 2 is 2.30 bits per heavy atom. The van der Waals surface area contributed by atoms with Gasteiger partial charge >= 0.3 is 0 Å². The second-order valence-corrected chi connectivity index (χ2v) is 2.35. The molecule has 2 aromatic rings. The first-order valence-electron chi connectivity index (χ1n) is 3.26. The van der Waals surface area contributed by atoms with Crippen molar-refractivity contribution in [2.45, 2.75) is 6.92 Å². The molecule has 0 saturated heterocycles. The first-order chi connectivity index (χ1) is 4.86. The van der Waals surface area contributed by atoms with Crippen molar-refractivity contribution in [2.75, 3.05) is 0 Å². The number of rotatable bonds is 0. The van der Waals surface area contributed by atoms with Gasteiger partial charge in [0.25, 0.3) is 0 Å². The van der Waals surface area contributed by atoms with Gasteiger partial charge in [-0.25, -0.2) is 4.98 Å². The molecule has 0 atom stereocenters. The summed E-state index contributed by atoms with van der Waals surface area (Å²) in [5.74, 6) is 0. The van der Waals surface area contributed by atoms with Gasteiger partial charge < -0.3 is 4.40 Å². The van der Waals surface area contributed by atoms with Crippen LogP contribution in [0.15, 0.2) is 30.6 Å². The minimum Gasteiger partial charge on any atom is -0.307 e. The first kappa shape index (κ1) is 5.47. The molecule has 2 heterocycles. The van der Waals surface area contributed by atoms with E-state index in [1.807, 2.05) is 41.9 Å². The number of nitrogens with zero attached hydrogens (tertiary/aromatic N) is 2. The average molecular weight is 132 g/mol. The number of fused-ring (bicyclic) bond motifs is 1. The molecule has 0 N–H and O–H groups in total. The summed E-state index contributed by atoms with van der Waals surface area (Å²) in [6.45, 7) is 1.99. The van der Waals surface area contributed by atoms with Gasteiger partial charge in [0.05, 0.1) is 5.69 Å². The molecule has 2 nitrogen and oxygen atoms in total. The summed E-state index contributed by atoms with van der Waals surface area (Å²) >= 11 is 0. The molecule has 0 aliphatic carbocycles. The third-order valence-electron chi connectivity index (χ3n) is 1.48. The molecule has 0 aromatic carbocycles. The topological polar surface area (TPSA) is 17.3 Å². The minimum atomic E-state index is 1.01. The lowest BCUT2D eigenvalue weighted by Crippen LogP contribution is -1.77. The lowest BCUT2D eigenvalue weighted by Gasteiger charge is -1.86. The second kappa shape index (κ2) is 1.84. The van der Waals surface area contributed by atoms with E-state index in [1.165, 1.54) is 0 Å². The Morgan fingerprint density at radius 3 is 3.10 bits per heavy atom. The molecule has 0 amide bonds. The molecule has 0 unspecified atom stereocenters. The van der Waals surface area contributed by atoms with E-state index in [4.69, 9.17) is 0 Å². The summed E-state index contributed by atoms with van der Waals surface area (Å²) in [5.41, 5.74) is 2.08. The zero-order valence-electron chi connectivity index (χ0n) is 5.78. The highest BCUT2D eigenvalue weighted by atomic mass is 15.0. The third kappa shape index (κ3) is 0.692. The molecular formula is C8H8N2. The number of aryl methyl sites for hydroxylation is 1. The fourth-order valence-corrected chi connectivity index (χ4v) is 1.06. The van der Waals surface area contributed by atoms with Crippen molar-refractivity contribution in [3.8, 4) is 0 Å². The van der Waals surface area contributed by atoms with E-state index in [0.29, 0.717) is 0 Å². The van der Waals surface area contributed by atoms with E-state index < -0.39 is 0 Å². The molecule has 0 aliphatic heterocycles. The van der Waals surface area contributed by atoms with Crippen molar-refractivity contribution in [1.82, 2.24) is 9.38 Å². The van der Waals surface area contributed by atoms with Crippen LogP contribution in [0.25, 0.3) is 5.65 Å². The summed E-state index contributed by atoms with van der Waals surface area (Å²) in [6.07, 6.45) is 4.00. The number of hydrogen-bond donors (Lipinski definition) is 0. The van der Waals surface area contributed by atoms with E-state index >= 15 is 0 Å². The fraction of sp³-hybridized carbons (Fsp3) is 0.125. The van der Waals surface area contributed by atoms with Gasteiger partial charge in [-0.2, -0.15) is 0 Å². The largest absolute Gasteiger partial charge is 0.307 e. The normalized spacial score (nSPS) is 10.5. The number of pyridine rings is 1. The van der Waals surface area contributed by atoms with Gasteiger partial charge in [-0.3, -0.25) is 0 Å². The van der Waals surface area contributed by atoms with E-state index in [-0.39, 0.29) is 0 Å². The number of imidazole rings is 1. The zero-order valence-corrected chi connectivity index (χ0v) is 5.78. The van der Waals surface area contributed by atoms with Crippen molar-refractivity contribution in [1.29, 1.82) is 0 Å². The Labute approximate surface area is 59.1 Å². The predicted molar refractivity (Wildman–Crippen MR) is 39.9 cm³/mol. The molecule has 2 aromatic heterocycles. The molecular weight excluding hydrogens is 124 g/mol. The molecule has 50 valence electrons. The van der Waals surface area contributed by atoms with Crippen molar-refractivity contribution in [2.24, 2.45) is 0 Å². The molecule has 2 heteroatoms. The Hall–Kier alpha value is -1.31. The Bertz CT molecular complexity index is 316. The summed E-state index contributed by atoms with van der Waals surface area (Å²) in [7, 11) is 0. The maximum absolute atomic E-state index is 4.28. The maximum Gasteiger partial charge on any atom is 0.136 e. The minimum absolute atomic E-state index is 1.01. The molecule has 0 radical (unpaired) electrons. The van der Waals surface area contributed by atoms with Crippen LogP contribution in [-0.4, -0.2) is 9.38 Å². The molecule has 0 bridgehead atoms. The molecule has 0 spiro atoms. The highest BCUT2D eigenvalue weighted by Gasteiger charge is 1.92. The van der Waals surface area contributed by atoms with Crippen molar-refractivity contribution in [3.05, 3.63) is 36.3 Å². The van der Waals surface area contributed by atoms with Crippen LogP contribution in [0.3, 0.4) is 0 Å². The van der Waals surface area contributed by atoms with Gasteiger partial charge in [0.1, 0.15) is 5.65 Å². The highest BCUT2D eigenvalue weighted by molar-refractivity contribution is 5.38.